The molecule has 0 atom stereocenters. The van der Waals surface area contributed by atoms with Crippen LogP contribution >= 0.6 is 11.3 Å². The van der Waals surface area contributed by atoms with Gasteiger partial charge < -0.3 is 5.32 Å². The molecule has 0 amide bonds. The lowest BCUT2D eigenvalue weighted by Gasteiger charge is -2.09. The molecule has 2 rings (SSSR count). The van der Waals surface area contributed by atoms with Gasteiger partial charge in [0.25, 0.3) is 0 Å². The van der Waals surface area contributed by atoms with E-state index in [2.05, 4.69) is 24.5 Å². The number of hydrogen-bond donors (Lipinski definition) is 1. The van der Waals surface area contributed by atoms with Crippen molar-refractivity contribution in [3.8, 4) is 0 Å². The third-order valence-corrected chi connectivity index (χ3v) is 4.24. The summed E-state index contributed by atoms with van der Waals surface area (Å²) in [6.07, 6.45) is 6.83. The fourth-order valence-electron chi connectivity index (χ4n) is 2.20. The Morgan fingerprint density at radius 3 is 2.87 bits per heavy atom. The maximum atomic E-state index is 3.53. The predicted molar refractivity (Wildman–Crippen MR) is 67.6 cm³/mol. The molecule has 0 unspecified atom stereocenters. The third-order valence-electron chi connectivity index (χ3n) is 3.10. The minimum absolute atomic E-state index is 0.589. The van der Waals surface area contributed by atoms with Crippen LogP contribution in [0.3, 0.4) is 0 Å². The highest BCUT2D eigenvalue weighted by atomic mass is 32.1. The SMILES string of the molecule is CC(C)NCc1csc2c1CCCCC2. The fraction of sp³-hybridized carbons (Fsp3) is 0.692. The molecule has 1 aromatic rings. The second-order valence-corrected chi connectivity index (χ2v) is 5.72. The molecule has 1 nitrogen and oxygen atoms in total. The molecule has 0 aromatic carbocycles. The topological polar surface area (TPSA) is 12.0 Å². The van der Waals surface area contributed by atoms with E-state index >= 15 is 0 Å². The number of aryl methyl sites for hydroxylation is 1. The zero-order valence-corrected chi connectivity index (χ0v) is 10.6. The van der Waals surface area contributed by atoms with Crippen molar-refractivity contribution in [2.45, 2.75) is 58.5 Å². The van der Waals surface area contributed by atoms with Crippen LogP contribution in [0.4, 0.5) is 0 Å². The molecule has 1 aliphatic carbocycles. The van der Waals surface area contributed by atoms with Crippen LogP contribution in [0.15, 0.2) is 5.38 Å². The molecule has 1 heterocycles. The molecule has 0 aliphatic heterocycles. The van der Waals surface area contributed by atoms with Gasteiger partial charge in [-0.25, -0.2) is 0 Å². The molecular formula is C13H21NS. The first-order valence-corrected chi connectivity index (χ1v) is 6.97. The van der Waals surface area contributed by atoms with Gasteiger partial charge in [0.2, 0.25) is 0 Å². The van der Waals surface area contributed by atoms with Crippen LogP contribution in [0.1, 0.15) is 49.1 Å². The number of nitrogens with one attached hydrogen (secondary N) is 1. The monoisotopic (exact) mass is 223 g/mol. The van der Waals surface area contributed by atoms with Crippen molar-refractivity contribution in [3.63, 3.8) is 0 Å². The Bertz CT molecular complexity index is 314. The van der Waals surface area contributed by atoms with E-state index in [0.29, 0.717) is 6.04 Å². The Balaban J connectivity index is 2.08. The highest BCUT2D eigenvalue weighted by molar-refractivity contribution is 7.10. The van der Waals surface area contributed by atoms with Crippen molar-refractivity contribution in [1.82, 2.24) is 5.32 Å². The third kappa shape index (κ3) is 2.82. The summed E-state index contributed by atoms with van der Waals surface area (Å²) in [4.78, 5) is 1.66. The van der Waals surface area contributed by atoms with Gasteiger partial charge in [-0.15, -0.1) is 11.3 Å². The summed E-state index contributed by atoms with van der Waals surface area (Å²) in [5.74, 6) is 0. The van der Waals surface area contributed by atoms with E-state index in [1.54, 1.807) is 16.0 Å². The Labute approximate surface area is 96.9 Å². The maximum Gasteiger partial charge on any atom is 0.0218 e. The molecule has 15 heavy (non-hydrogen) atoms. The van der Waals surface area contributed by atoms with Crippen molar-refractivity contribution < 1.29 is 0 Å². The summed E-state index contributed by atoms with van der Waals surface area (Å²) in [5, 5.41) is 5.89. The van der Waals surface area contributed by atoms with Gasteiger partial charge in [0, 0.05) is 17.5 Å². The zero-order chi connectivity index (χ0) is 10.7. The van der Waals surface area contributed by atoms with Gasteiger partial charge in [0.05, 0.1) is 0 Å². The molecule has 1 aliphatic rings. The van der Waals surface area contributed by atoms with E-state index in [9.17, 15) is 0 Å². The van der Waals surface area contributed by atoms with Gasteiger partial charge in [0.15, 0.2) is 0 Å². The number of fused-ring (bicyclic) bond motifs is 1. The normalized spacial score (nSPS) is 16.5. The van der Waals surface area contributed by atoms with Gasteiger partial charge >= 0.3 is 0 Å². The van der Waals surface area contributed by atoms with Crippen LogP contribution in [0.25, 0.3) is 0 Å². The van der Waals surface area contributed by atoms with E-state index < -0.39 is 0 Å². The van der Waals surface area contributed by atoms with E-state index in [1.165, 1.54) is 32.1 Å². The van der Waals surface area contributed by atoms with Gasteiger partial charge in [-0.1, -0.05) is 20.3 Å². The van der Waals surface area contributed by atoms with E-state index in [-0.39, 0.29) is 0 Å². The van der Waals surface area contributed by atoms with Crippen LogP contribution < -0.4 is 5.32 Å². The lowest BCUT2D eigenvalue weighted by Crippen LogP contribution is -2.22. The standard InChI is InChI=1S/C13H21NS/c1-10(2)14-8-11-9-15-13-7-5-3-4-6-12(11)13/h9-10,14H,3-8H2,1-2H3. The molecule has 0 saturated heterocycles. The van der Waals surface area contributed by atoms with Crippen LogP contribution in [0.5, 0.6) is 0 Å². The van der Waals surface area contributed by atoms with Crippen molar-refractivity contribution >= 4 is 11.3 Å². The largest absolute Gasteiger partial charge is 0.310 e. The number of thiophene rings is 1. The first-order valence-electron chi connectivity index (χ1n) is 6.09. The van der Waals surface area contributed by atoms with E-state index in [4.69, 9.17) is 0 Å². The molecule has 0 saturated carbocycles. The molecule has 0 radical (unpaired) electrons. The predicted octanol–water partition coefficient (Wildman–Crippen LogP) is 3.52. The second-order valence-electron chi connectivity index (χ2n) is 4.76. The summed E-state index contributed by atoms with van der Waals surface area (Å²) in [6.45, 7) is 5.49. The molecule has 1 aromatic heterocycles. The summed E-state index contributed by atoms with van der Waals surface area (Å²) in [7, 11) is 0. The van der Waals surface area contributed by atoms with Gasteiger partial charge in [-0.2, -0.15) is 0 Å². The lowest BCUT2D eigenvalue weighted by molar-refractivity contribution is 0.586. The highest BCUT2D eigenvalue weighted by Gasteiger charge is 2.13. The summed E-state index contributed by atoms with van der Waals surface area (Å²) in [6, 6.07) is 0.589. The van der Waals surface area contributed by atoms with Crippen LogP contribution in [-0.2, 0) is 19.4 Å². The minimum atomic E-state index is 0.589. The van der Waals surface area contributed by atoms with Gasteiger partial charge in [-0.05, 0) is 42.2 Å². The molecule has 0 spiro atoms. The molecule has 1 N–H and O–H groups in total. The Morgan fingerprint density at radius 2 is 2.07 bits per heavy atom. The second kappa shape index (κ2) is 5.13. The van der Waals surface area contributed by atoms with E-state index in [1.807, 2.05) is 11.3 Å². The van der Waals surface area contributed by atoms with Crippen LogP contribution in [0.2, 0.25) is 0 Å². The Hall–Kier alpha value is -0.340. The summed E-state index contributed by atoms with van der Waals surface area (Å²) in [5.41, 5.74) is 3.23. The van der Waals surface area contributed by atoms with Gasteiger partial charge in [-0.3, -0.25) is 0 Å². The Kier molecular flexibility index (Phi) is 3.81. The first-order chi connectivity index (χ1) is 7.27. The quantitative estimate of drug-likeness (QED) is 0.773. The van der Waals surface area contributed by atoms with Crippen molar-refractivity contribution in [1.29, 1.82) is 0 Å². The highest BCUT2D eigenvalue weighted by Crippen LogP contribution is 2.29. The maximum absolute atomic E-state index is 3.53. The summed E-state index contributed by atoms with van der Waals surface area (Å²) >= 11 is 1.98. The molecule has 0 bridgehead atoms. The molecule has 84 valence electrons. The average molecular weight is 223 g/mol. The Morgan fingerprint density at radius 1 is 1.27 bits per heavy atom. The van der Waals surface area contributed by atoms with Gasteiger partial charge in [0.1, 0.15) is 0 Å². The zero-order valence-electron chi connectivity index (χ0n) is 9.81. The number of rotatable bonds is 3. The average Bonchev–Trinajstić information content (AvgIpc) is 2.44. The van der Waals surface area contributed by atoms with Crippen molar-refractivity contribution in [3.05, 3.63) is 21.4 Å². The summed E-state index contributed by atoms with van der Waals surface area (Å²) < 4.78 is 0. The van der Waals surface area contributed by atoms with E-state index in [0.717, 1.165) is 6.54 Å². The van der Waals surface area contributed by atoms with Crippen LogP contribution in [0, 0.1) is 0 Å². The first kappa shape index (κ1) is 11.2. The van der Waals surface area contributed by atoms with Crippen LogP contribution in [-0.4, -0.2) is 6.04 Å². The molecular weight excluding hydrogens is 202 g/mol. The fourth-order valence-corrected chi connectivity index (χ4v) is 3.35. The smallest absolute Gasteiger partial charge is 0.0218 e. The number of hydrogen-bond acceptors (Lipinski definition) is 2. The van der Waals surface area contributed by atoms with Crippen molar-refractivity contribution in [2.75, 3.05) is 0 Å². The lowest BCUT2D eigenvalue weighted by atomic mass is 10.1. The molecule has 0 fully saturated rings. The van der Waals surface area contributed by atoms with Crippen molar-refractivity contribution in [2.24, 2.45) is 0 Å². The minimum Gasteiger partial charge on any atom is -0.310 e. The molecule has 2 heteroatoms.